The van der Waals surface area contributed by atoms with Gasteiger partial charge in [0.05, 0.1) is 6.42 Å². The second-order valence-corrected chi connectivity index (χ2v) is 2.26. The van der Waals surface area contributed by atoms with E-state index >= 15 is 0 Å². The number of carboxylic acids is 2. The Morgan fingerprint density at radius 2 is 1.64 bits per heavy atom. The van der Waals surface area contributed by atoms with Crippen LogP contribution in [0.4, 0.5) is 0 Å². The van der Waals surface area contributed by atoms with E-state index < -0.39 is 18.4 Å². The number of rotatable bonds is 5. The van der Waals surface area contributed by atoms with Crippen LogP contribution in [-0.2, 0) is 14.3 Å². The van der Waals surface area contributed by atoms with E-state index in [4.69, 9.17) is 14.9 Å². The van der Waals surface area contributed by atoms with Crippen molar-refractivity contribution in [3.8, 4) is 0 Å². The van der Waals surface area contributed by atoms with Crippen molar-refractivity contribution in [3.63, 3.8) is 0 Å². The SMILES string of the molecule is C=C(CC(=O)O)C(=O)O.CCOCC. The molecule has 0 aliphatic rings. The molecular formula is C9H16O5. The third-order valence-corrected chi connectivity index (χ3v) is 1.08. The molecule has 0 aliphatic carbocycles. The molecule has 0 aromatic carbocycles. The third-order valence-electron chi connectivity index (χ3n) is 1.08. The summed E-state index contributed by atoms with van der Waals surface area (Å²) < 4.78 is 4.83. The van der Waals surface area contributed by atoms with E-state index in [0.717, 1.165) is 13.2 Å². The molecule has 0 spiro atoms. The van der Waals surface area contributed by atoms with Crippen LogP contribution in [0.1, 0.15) is 20.3 Å². The summed E-state index contributed by atoms with van der Waals surface area (Å²) in [7, 11) is 0. The largest absolute Gasteiger partial charge is 0.481 e. The van der Waals surface area contributed by atoms with Gasteiger partial charge in [0.1, 0.15) is 0 Å². The highest BCUT2D eigenvalue weighted by Gasteiger charge is 2.07. The van der Waals surface area contributed by atoms with Crippen LogP contribution in [0.2, 0.25) is 0 Å². The lowest BCUT2D eigenvalue weighted by atomic mass is 10.2. The van der Waals surface area contributed by atoms with Crippen LogP contribution in [0.25, 0.3) is 0 Å². The predicted molar refractivity (Wildman–Crippen MR) is 51.2 cm³/mol. The first kappa shape index (κ1) is 15.1. The van der Waals surface area contributed by atoms with Gasteiger partial charge >= 0.3 is 11.9 Å². The molecule has 14 heavy (non-hydrogen) atoms. The summed E-state index contributed by atoms with van der Waals surface area (Å²) in [5.41, 5.74) is -0.303. The first-order chi connectivity index (χ1) is 6.45. The van der Waals surface area contributed by atoms with Crippen molar-refractivity contribution in [2.45, 2.75) is 20.3 Å². The maximum atomic E-state index is 9.87. The second-order valence-electron chi connectivity index (χ2n) is 2.26. The molecule has 0 aliphatic heterocycles. The fourth-order valence-corrected chi connectivity index (χ4v) is 0.462. The van der Waals surface area contributed by atoms with Crippen LogP contribution in [0.3, 0.4) is 0 Å². The zero-order valence-electron chi connectivity index (χ0n) is 8.45. The lowest BCUT2D eigenvalue weighted by Gasteiger charge is -1.91. The van der Waals surface area contributed by atoms with Gasteiger partial charge in [-0.05, 0) is 13.8 Å². The minimum atomic E-state index is -1.27. The standard InChI is InChI=1S/C5H6O4.C4H10O/c1-3(5(8)9)2-4(6)7;1-3-5-4-2/h1-2H2,(H,6,7)(H,8,9);3-4H2,1-2H3. The summed E-state index contributed by atoms with van der Waals surface area (Å²) in [6.07, 6.45) is -0.505. The second kappa shape index (κ2) is 9.73. The molecule has 5 nitrogen and oxygen atoms in total. The molecule has 0 aromatic heterocycles. The molecule has 0 radical (unpaired) electrons. The minimum Gasteiger partial charge on any atom is -0.481 e. The highest BCUT2D eigenvalue weighted by atomic mass is 16.5. The van der Waals surface area contributed by atoms with E-state index in [-0.39, 0.29) is 5.57 Å². The van der Waals surface area contributed by atoms with Crippen molar-refractivity contribution in [2.24, 2.45) is 0 Å². The lowest BCUT2D eigenvalue weighted by molar-refractivity contribution is -0.139. The normalized spacial score (nSPS) is 8.43. The van der Waals surface area contributed by atoms with Gasteiger partial charge in [-0.3, -0.25) is 4.79 Å². The molecule has 0 unspecified atom stereocenters. The van der Waals surface area contributed by atoms with Crippen LogP contribution in [-0.4, -0.2) is 35.4 Å². The summed E-state index contributed by atoms with van der Waals surface area (Å²) in [6, 6.07) is 0. The number of hydrogen-bond donors (Lipinski definition) is 2. The fraction of sp³-hybridized carbons (Fsp3) is 0.556. The predicted octanol–water partition coefficient (Wildman–Crippen LogP) is 1.14. The number of carbonyl (C=O) groups is 2. The van der Waals surface area contributed by atoms with Gasteiger partial charge in [0.15, 0.2) is 0 Å². The smallest absolute Gasteiger partial charge is 0.331 e. The Balaban J connectivity index is 0. The maximum Gasteiger partial charge on any atom is 0.331 e. The number of hydrogen-bond acceptors (Lipinski definition) is 3. The third kappa shape index (κ3) is 13.2. The lowest BCUT2D eigenvalue weighted by Crippen LogP contribution is -2.04. The van der Waals surface area contributed by atoms with Crippen molar-refractivity contribution >= 4 is 11.9 Å². The van der Waals surface area contributed by atoms with Gasteiger partial charge in [0, 0.05) is 18.8 Å². The molecule has 0 amide bonds. The maximum absolute atomic E-state index is 9.87. The fourth-order valence-electron chi connectivity index (χ4n) is 0.462. The molecule has 0 saturated carbocycles. The number of aliphatic carboxylic acids is 2. The number of carboxylic acid groups (broad SMARTS) is 2. The van der Waals surface area contributed by atoms with Crippen molar-refractivity contribution in [1.82, 2.24) is 0 Å². The van der Waals surface area contributed by atoms with Crippen LogP contribution < -0.4 is 0 Å². The first-order valence-electron chi connectivity index (χ1n) is 4.16. The zero-order chi connectivity index (χ0) is 11.6. The van der Waals surface area contributed by atoms with Gasteiger partial charge in [-0.1, -0.05) is 6.58 Å². The van der Waals surface area contributed by atoms with Crippen LogP contribution in [0.15, 0.2) is 12.2 Å². The molecule has 2 N–H and O–H groups in total. The Morgan fingerprint density at radius 1 is 1.21 bits per heavy atom. The zero-order valence-corrected chi connectivity index (χ0v) is 8.45. The van der Waals surface area contributed by atoms with E-state index in [2.05, 4.69) is 6.58 Å². The van der Waals surface area contributed by atoms with E-state index in [1.54, 1.807) is 0 Å². The average Bonchev–Trinajstić information content (AvgIpc) is 2.05. The van der Waals surface area contributed by atoms with Gasteiger partial charge in [-0.25, -0.2) is 4.79 Å². The van der Waals surface area contributed by atoms with E-state index in [0.29, 0.717) is 0 Å². The minimum absolute atomic E-state index is 0.303. The Kier molecular flexibility index (Phi) is 10.5. The van der Waals surface area contributed by atoms with Crippen molar-refractivity contribution in [1.29, 1.82) is 0 Å². The molecule has 0 aromatic rings. The number of ether oxygens (including phenoxy) is 1. The molecule has 82 valence electrons. The Morgan fingerprint density at radius 3 is 1.71 bits per heavy atom. The van der Waals surface area contributed by atoms with Gasteiger partial charge in [0.2, 0.25) is 0 Å². The molecule has 0 rings (SSSR count). The Labute approximate surface area is 83.0 Å². The monoisotopic (exact) mass is 204 g/mol. The van der Waals surface area contributed by atoms with Crippen LogP contribution >= 0.6 is 0 Å². The average molecular weight is 204 g/mol. The van der Waals surface area contributed by atoms with Gasteiger partial charge < -0.3 is 14.9 Å². The van der Waals surface area contributed by atoms with Crippen molar-refractivity contribution in [3.05, 3.63) is 12.2 Å². The topological polar surface area (TPSA) is 83.8 Å². The van der Waals surface area contributed by atoms with E-state index in [1.807, 2.05) is 13.8 Å². The molecule has 0 atom stereocenters. The van der Waals surface area contributed by atoms with Crippen molar-refractivity contribution < 1.29 is 24.5 Å². The highest BCUT2D eigenvalue weighted by molar-refractivity contribution is 5.91. The first-order valence-corrected chi connectivity index (χ1v) is 4.16. The van der Waals surface area contributed by atoms with E-state index in [9.17, 15) is 9.59 Å². The van der Waals surface area contributed by atoms with Crippen molar-refractivity contribution in [2.75, 3.05) is 13.2 Å². The molecule has 0 saturated heterocycles. The summed E-state index contributed by atoms with van der Waals surface area (Å²) in [5.74, 6) is -2.44. The summed E-state index contributed by atoms with van der Waals surface area (Å²) in [5, 5.41) is 16.1. The summed E-state index contributed by atoms with van der Waals surface area (Å²) in [6.45, 7) is 8.68. The molecule has 0 fully saturated rings. The summed E-state index contributed by atoms with van der Waals surface area (Å²) in [4.78, 5) is 19.7. The van der Waals surface area contributed by atoms with Gasteiger partial charge in [-0.15, -0.1) is 0 Å². The Bertz CT molecular complexity index is 195. The van der Waals surface area contributed by atoms with Crippen LogP contribution in [0, 0.1) is 0 Å². The van der Waals surface area contributed by atoms with E-state index in [1.165, 1.54) is 0 Å². The molecule has 5 heteroatoms. The quantitative estimate of drug-likeness (QED) is 0.656. The molecular weight excluding hydrogens is 188 g/mol. The highest BCUT2D eigenvalue weighted by Crippen LogP contribution is 1.95. The van der Waals surface area contributed by atoms with Crippen LogP contribution in [0.5, 0.6) is 0 Å². The molecule has 0 bridgehead atoms. The summed E-state index contributed by atoms with van der Waals surface area (Å²) >= 11 is 0. The molecule has 0 heterocycles. The van der Waals surface area contributed by atoms with Gasteiger partial charge in [-0.2, -0.15) is 0 Å². The van der Waals surface area contributed by atoms with Gasteiger partial charge in [0.25, 0.3) is 0 Å². The Hall–Kier alpha value is -1.36.